The molecule has 0 unspecified atom stereocenters. The molecule has 126 valence electrons. The lowest BCUT2D eigenvalue weighted by Gasteiger charge is -2.27. The first-order chi connectivity index (χ1) is 11.5. The molecule has 0 aliphatic carbocycles. The van der Waals surface area contributed by atoms with E-state index in [0.29, 0.717) is 29.2 Å². The van der Waals surface area contributed by atoms with Gasteiger partial charge < -0.3 is 19.4 Å². The van der Waals surface area contributed by atoms with Gasteiger partial charge in [-0.1, -0.05) is 43.4 Å². The van der Waals surface area contributed by atoms with E-state index in [9.17, 15) is 14.7 Å². The van der Waals surface area contributed by atoms with Gasteiger partial charge >= 0.3 is 0 Å². The van der Waals surface area contributed by atoms with Gasteiger partial charge in [-0.25, -0.2) is 0 Å². The van der Waals surface area contributed by atoms with Gasteiger partial charge in [0.05, 0.1) is 16.9 Å². The van der Waals surface area contributed by atoms with Crippen LogP contribution in [0.25, 0.3) is 6.08 Å². The summed E-state index contributed by atoms with van der Waals surface area (Å²) in [6.07, 6.45) is 2.57. The van der Waals surface area contributed by atoms with Crippen LogP contribution >= 0.6 is 24.0 Å². The van der Waals surface area contributed by atoms with Crippen molar-refractivity contribution in [2.75, 3.05) is 6.79 Å². The number of hydrogen-bond donors (Lipinski definition) is 0. The molecule has 2 heterocycles. The number of aliphatic carboxylic acids is 1. The topological polar surface area (TPSA) is 78.9 Å². The molecule has 0 radical (unpaired) electrons. The van der Waals surface area contributed by atoms with Gasteiger partial charge in [-0.3, -0.25) is 9.69 Å². The summed E-state index contributed by atoms with van der Waals surface area (Å²) in [6, 6.07) is 4.28. The summed E-state index contributed by atoms with van der Waals surface area (Å²) in [7, 11) is 0. The summed E-state index contributed by atoms with van der Waals surface area (Å²) in [4.78, 5) is 25.4. The van der Waals surface area contributed by atoms with E-state index in [1.807, 2.05) is 6.92 Å². The Kier molecular flexibility index (Phi) is 4.77. The lowest BCUT2D eigenvalue weighted by Crippen LogP contribution is -2.49. The Bertz CT molecular complexity index is 746. The van der Waals surface area contributed by atoms with E-state index >= 15 is 0 Å². The van der Waals surface area contributed by atoms with E-state index in [0.717, 1.165) is 22.2 Å². The van der Waals surface area contributed by atoms with E-state index < -0.39 is 17.9 Å². The maximum Gasteiger partial charge on any atom is 0.266 e. The van der Waals surface area contributed by atoms with Gasteiger partial charge in [-0.15, -0.1) is 0 Å². The normalized spacial score (nSPS) is 19.2. The summed E-state index contributed by atoms with van der Waals surface area (Å²) >= 11 is 6.28. The van der Waals surface area contributed by atoms with Crippen LogP contribution in [0, 0.1) is 0 Å². The van der Waals surface area contributed by atoms with E-state index in [1.165, 1.54) is 0 Å². The van der Waals surface area contributed by atoms with Gasteiger partial charge in [0.25, 0.3) is 5.91 Å². The number of carbonyl (C=O) groups excluding carboxylic acids is 2. The van der Waals surface area contributed by atoms with Crippen molar-refractivity contribution in [3.8, 4) is 11.5 Å². The van der Waals surface area contributed by atoms with Crippen LogP contribution in [0.3, 0.4) is 0 Å². The summed E-state index contributed by atoms with van der Waals surface area (Å²) in [6.45, 7) is 2.02. The van der Waals surface area contributed by atoms with Crippen LogP contribution < -0.4 is 14.6 Å². The van der Waals surface area contributed by atoms with Crippen LogP contribution in [0.15, 0.2) is 23.1 Å². The van der Waals surface area contributed by atoms with E-state index in [4.69, 9.17) is 21.7 Å². The zero-order chi connectivity index (χ0) is 17.3. The number of fused-ring (bicyclic) bond motifs is 1. The quantitative estimate of drug-likeness (QED) is 0.579. The highest BCUT2D eigenvalue weighted by Gasteiger charge is 2.37. The zero-order valence-electron chi connectivity index (χ0n) is 12.8. The van der Waals surface area contributed by atoms with Crippen LogP contribution in [0.5, 0.6) is 11.5 Å². The molecule has 2 aliphatic rings. The molecule has 1 atom stereocenters. The average Bonchev–Trinajstić information content (AvgIpc) is 3.10. The van der Waals surface area contributed by atoms with Gasteiger partial charge in [-0.2, -0.15) is 0 Å². The van der Waals surface area contributed by atoms with Crippen molar-refractivity contribution in [2.45, 2.75) is 25.8 Å². The summed E-state index contributed by atoms with van der Waals surface area (Å²) < 4.78 is 10.8. The van der Waals surface area contributed by atoms with Crippen molar-refractivity contribution >= 4 is 46.3 Å². The molecule has 0 bridgehead atoms. The Balaban J connectivity index is 1.86. The van der Waals surface area contributed by atoms with Crippen LogP contribution in [-0.4, -0.2) is 33.9 Å². The second-order valence-corrected chi connectivity index (χ2v) is 6.96. The number of thiocarbonyl (C=S) groups is 1. The molecule has 0 N–H and O–H groups in total. The zero-order valence-corrected chi connectivity index (χ0v) is 14.4. The molecule has 0 saturated carbocycles. The van der Waals surface area contributed by atoms with Crippen LogP contribution in [0.4, 0.5) is 0 Å². The third kappa shape index (κ3) is 3.11. The van der Waals surface area contributed by atoms with Crippen molar-refractivity contribution in [3.63, 3.8) is 0 Å². The molecular formula is C16H14NO5S2-. The molecule has 1 amide bonds. The SMILES string of the molecule is CCC[C@@H](C(=O)[O-])N1C(=O)/C(=C\c2ccc3c(c2)OCO3)SC1=S. The molecule has 8 heteroatoms. The monoisotopic (exact) mass is 364 g/mol. The second kappa shape index (κ2) is 6.82. The number of benzene rings is 1. The molecule has 1 aromatic rings. The number of carboxylic acid groups (broad SMARTS) is 1. The van der Waals surface area contributed by atoms with Crippen LogP contribution in [0.2, 0.25) is 0 Å². The van der Waals surface area contributed by atoms with Crippen molar-refractivity contribution < 1.29 is 24.2 Å². The first kappa shape index (κ1) is 16.8. The molecular weight excluding hydrogens is 350 g/mol. The van der Waals surface area contributed by atoms with Crippen LogP contribution in [0.1, 0.15) is 25.3 Å². The molecule has 24 heavy (non-hydrogen) atoms. The number of amides is 1. The van der Waals surface area contributed by atoms with Gasteiger partial charge in [0.15, 0.2) is 11.5 Å². The summed E-state index contributed by atoms with van der Waals surface area (Å²) in [5.74, 6) is -0.444. The number of rotatable bonds is 5. The predicted octanol–water partition coefficient (Wildman–Crippen LogP) is 1.54. The average molecular weight is 364 g/mol. The third-order valence-electron chi connectivity index (χ3n) is 3.66. The van der Waals surface area contributed by atoms with Crippen molar-refractivity contribution in [3.05, 3.63) is 28.7 Å². The highest BCUT2D eigenvalue weighted by Crippen LogP contribution is 2.37. The fourth-order valence-corrected chi connectivity index (χ4v) is 3.89. The number of ether oxygens (including phenoxy) is 2. The maximum atomic E-state index is 12.6. The Morgan fingerprint density at radius 2 is 2.21 bits per heavy atom. The highest BCUT2D eigenvalue weighted by molar-refractivity contribution is 8.26. The van der Waals surface area contributed by atoms with Gasteiger partial charge in [-0.05, 0) is 30.2 Å². The molecule has 0 aromatic heterocycles. The number of thioether (sulfide) groups is 1. The maximum absolute atomic E-state index is 12.6. The van der Waals surface area contributed by atoms with E-state index in [2.05, 4.69) is 0 Å². The molecule has 6 nitrogen and oxygen atoms in total. The van der Waals surface area contributed by atoms with E-state index in [-0.39, 0.29) is 11.1 Å². The highest BCUT2D eigenvalue weighted by atomic mass is 32.2. The Morgan fingerprint density at radius 3 is 2.92 bits per heavy atom. The molecule has 0 spiro atoms. The number of carboxylic acids is 1. The lowest BCUT2D eigenvalue weighted by atomic mass is 10.1. The second-order valence-electron chi connectivity index (χ2n) is 5.29. The number of nitrogens with zero attached hydrogens (tertiary/aromatic N) is 1. The fraction of sp³-hybridized carbons (Fsp3) is 0.312. The predicted molar refractivity (Wildman–Crippen MR) is 91.3 cm³/mol. The molecule has 2 aliphatic heterocycles. The lowest BCUT2D eigenvalue weighted by molar-refractivity contribution is -0.310. The Labute approximate surface area is 148 Å². The van der Waals surface area contributed by atoms with Crippen molar-refractivity contribution in [1.82, 2.24) is 4.90 Å². The fourth-order valence-electron chi connectivity index (χ4n) is 2.53. The minimum Gasteiger partial charge on any atom is -0.548 e. The molecule has 1 aromatic carbocycles. The van der Waals surface area contributed by atoms with Gasteiger partial charge in [0, 0.05) is 0 Å². The Hall–Kier alpha value is -2.06. The van der Waals surface area contributed by atoms with Crippen molar-refractivity contribution in [2.24, 2.45) is 0 Å². The first-order valence-electron chi connectivity index (χ1n) is 7.39. The number of carbonyl (C=O) groups is 2. The third-order valence-corrected chi connectivity index (χ3v) is 4.99. The van der Waals surface area contributed by atoms with Gasteiger partial charge in [0.1, 0.15) is 4.32 Å². The minimum atomic E-state index is -1.29. The van der Waals surface area contributed by atoms with E-state index in [1.54, 1.807) is 24.3 Å². The molecule has 1 saturated heterocycles. The van der Waals surface area contributed by atoms with Crippen molar-refractivity contribution in [1.29, 1.82) is 0 Å². The Morgan fingerprint density at radius 1 is 1.46 bits per heavy atom. The molecule has 3 rings (SSSR count). The number of hydrogen-bond acceptors (Lipinski definition) is 7. The smallest absolute Gasteiger partial charge is 0.266 e. The first-order valence-corrected chi connectivity index (χ1v) is 8.61. The van der Waals surface area contributed by atoms with Crippen LogP contribution in [-0.2, 0) is 9.59 Å². The van der Waals surface area contributed by atoms with Gasteiger partial charge in [0.2, 0.25) is 6.79 Å². The summed E-state index contributed by atoms with van der Waals surface area (Å²) in [5.41, 5.74) is 0.750. The minimum absolute atomic E-state index is 0.172. The summed E-state index contributed by atoms with van der Waals surface area (Å²) in [5, 5.41) is 11.3. The molecule has 1 fully saturated rings. The standard InChI is InChI=1S/C16H15NO5S2/c1-2-3-10(15(19)20)17-14(18)13(24-16(17)23)7-9-4-5-11-12(6-9)22-8-21-11/h4-7,10H,2-3,8H2,1H3,(H,19,20)/p-1/b13-7+/t10-/m0/s1. The largest absolute Gasteiger partial charge is 0.548 e.